The molecule has 122 valence electrons. The van der Waals surface area contributed by atoms with Crippen molar-refractivity contribution in [3.63, 3.8) is 0 Å². The van der Waals surface area contributed by atoms with Crippen molar-refractivity contribution in [1.29, 1.82) is 0 Å². The maximum Gasteiger partial charge on any atom is 0.291 e. The normalized spacial score (nSPS) is 10.4. The van der Waals surface area contributed by atoms with E-state index >= 15 is 0 Å². The van der Waals surface area contributed by atoms with Crippen LogP contribution in [0.2, 0.25) is 0 Å². The number of furan rings is 1. The number of rotatable bonds is 4. The minimum atomic E-state index is -0.362. The minimum absolute atomic E-state index is 0.149. The average molecular weight is 341 g/mol. The summed E-state index contributed by atoms with van der Waals surface area (Å²) in [6.45, 7) is 0. The fourth-order valence-corrected chi connectivity index (χ4v) is 2.41. The van der Waals surface area contributed by atoms with Gasteiger partial charge in [-0.15, -0.1) is 0 Å². The molecular weight excluding hydrogens is 326 g/mol. The van der Waals surface area contributed by atoms with Gasteiger partial charge in [0.15, 0.2) is 10.9 Å². The number of ether oxygens (including phenoxy) is 1. The molecule has 2 aromatic carbocycles. The van der Waals surface area contributed by atoms with Crippen LogP contribution in [0.15, 0.2) is 52.9 Å². The number of para-hydroxylation sites is 1. The quantitative estimate of drug-likeness (QED) is 0.631. The van der Waals surface area contributed by atoms with Gasteiger partial charge in [0.25, 0.3) is 5.91 Å². The molecule has 0 bridgehead atoms. The molecule has 1 amide bonds. The second-order valence-electron chi connectivity index (χ2n) is 5.01. The summed E-state index contributed by atoms with van der Waals surface area (Å²) in [6, 6.07) is 14.2. The van der Waals surface area contributed by atoms with Crippen molar-refractivity contribution >= 4 is 45.6 Å². The molecule has 0 aliphatic heterocycles. The van der Waals surface area contributed by atoms with Crippen LogP contribution in [0.25, 0.3) is 11.0 Å². The van der Waals surface area contributed by atoms with Gasteiger partial charge in [0.05, 0.1) is 12.8 Å². The van der Waals surface area contributed by atoms with Crippen molar-refractivity contribution < 1.29 is 13.9 Å². The highest BCUT2D eigenvalue weighted by atomic mass is 32.1. The number of carbonyl (C=O) groups is 1. The molecule has 24 heavy (non-hydrogen) atoms. The number of anilines is 2. The molecule has 0 atom stereocenters. The number of nitrogens with two attached hydrogens (primary N) is 1. The number of amides is 1. The van der Waals surface area contributed by atoms with Crippen molar-refractivity contribution in [2.45, 2.75) is 0 Å². The predicted octanol–water partition coefficient (Wildman–Crippen LogP) is 3.35. The molecule has 1 aromatic heterocycles. The van der Waals surface area contributed by atoms with E-state index < -0.39 is 0 Å². The summed E-state index contributed by atoms with van der Waals surface area (Å²) >= 11 is 4.80. The minimum Gasteiger partial charge on any atom is -0.494 e. The Kier molecular flexibility index (Phi) is 4.35. The van der Waals surface area contributed by atoms with E-state index in [2.05, 4.69) is 10.6 Å². The summed E-state index contributed by atoms with van der Waals surface area (Å²) in [4.78, 5) is 12.4. The average Bonchev–Trinajstić information content (AvgIpc) is 3.00. The van der Waals surface area contributed by atoms with Crippen molar-refractivity contribution in [3.05, 3.63) is 54.3 Å². The largest absolute Gasteiger partial charge is 0.494 e. The third-order valence-corrected chi connectivity index (χ3v) is 3.47. The number of carbonyl (C=O) groups excluding carboxylic acids is 1. The maximum atomic E-state index is 12.4. The molecule has 0 unspecified atom stereocenters. The number of hydrogen-bond acceptors (Lipinski definition) is 4. The Morgan fingerprint density at radius 1 is 1.17 bits per heavy atom. The first kappa shape index (κ1) is 15.8. The van der Waals surface area contributed by atoms with E-state index in [1.165, 1.54) is 7.11 Å². The number of benzene rings is 2. The van der Waals surface area contributed by atoms with Gasteiger partial charge in [-0.1, -0.05) is 18.2 Å². The number of thiocarbonyl (C=S) groups is 1. The van der Waals surface area contributed by atoms with Crippen LogP contribution < -0.4 is 21.1 Å². The van der Waals surface area contributed by atoms with E-state index in [0.717, 1.165) is 5.39 Å². The van der Waals surface area contributed by atoms with Crippen LogP contribution in [0.5, 0.6) is 5.75 Å². The van der Waals surface area contributed by atoms with Gasteiger partial charge in [-0.3, -0.25) is 4.79 Å². The Morgan fingerprint density at radius 2 is 1.96 bits per heavy atom. The van der Waals surface area contributed by atoms with E-state index in [0.29, 0.717) is 22.7 Å². The lowest BCUT2D eigenvalue weighted by Crippen LogP contribution is -2.19. The lowest BCUT2D eigenvalue weighted by Gasteiger charge is -2.12. The molecule has 3 aromatic rings. The Hall–Kier alpha value is -3.06. The number of methoxy groups -OCH3 is 1. The zero-order valence-corrected chi connectivity index (χ0v) is 13.6. The van der Waals surface area contributed by atoms with Gasteiger partial charge in [0.1, 0.15) is 11.3 Å². The molecule has 7 heteroatoms. The van der Waals surface area contributed by atoms with Gasteiger partial charge >= 0.3 is 0 Å². The Labute approximate surface area is 143 Å². The lowest BCUT2D eigenvalue weighted by molar-refractivity contribution is 0.0998. The topological polar surface area (TPSA) is 89.5 Å². The van der Waals surface area contributed by atoms with Gasteiger partial charge in [-0.05, 0) is 36.5 Å². The third-order valence-electron chi connectivity index (χ3n) is 3.37. The molecular formula is C17H15N3O3S. The first-order valence-electron chi connectivity index (χ1n) is 7.11. The lowest BCUT2D eigenvalue weighted by atomic mass is 10.2. The van der Waals surface area contributed by atoms with E-state index in [1.54, 1.807) is 24.3 Å². The van der Waals surface area contributed by atoms with Crippen molar-refractivity contribution in [2.75, 3.05) is 17.7 Å². The molecule has 0 aliphatic rings. The van der Waals surface area contributed by atoms with E-state index in [-0.39, 0.29) is 16.8 Å². The second kappa shape index (κ2) is 6.59. The summed E-state index contributed by atoms with van der Waals surface area (Å²) in [7, 11) is 1.51. The monoisotopic (exact) mass is 341 g/mol. The summed E-state index contributed by atoms with van der Waals surface area (Å²) in [5, 5.41) is 6.59. The van der Waals surface area contributed by atoms with Crippen LogP contribution in [0.4, 0.5) is 11.4 Å². The SMILES string of the molecule is COc1cc(NC(N)=S)ccc1NC(=O)c1cc2ccccc2o1. The van der Waals surface area contributed by atoms with E-state index in [4.69, 9.17) is 27.1 Å². The Bertz CT molecular complexity index is 887. The smallest absolute Gasteiger partial charge is 0.291 e. The standard InChI is InChI=1S/C17H15N3O3S/c1-22-14-9-11(19-17(18)24)6-7-12(14)20-16(21)15-8-10-4-2-3-5-13(10)23-15/h2-9H,1H3,(H,20,21)(H3,18,19,24). The van der Waals surface area contributed by atoms with Gasteiger partial charge in [-0.2, -0.15) is 0 Å². The van der Waals surface area contributed by atoms with Gasteiger partial charge < -0.3 is 25.5 Å². The summed E-state index contributed by atoms with van der Waals surface area (Å²) in [5.41, 5.74) is 7.28. The maximum absolute atomic E-state index is 12.4. The van der Waals surface area contributed by atoms with Gasteiger partial charge in [0.2, 0.25) is 0 Å². The van der Waals surface area contributed by atoms with Gasteiger partial charge in [-0.25, -0.2) is 0 Å². The molecule has 3 rings (SSSR count). The zero-order valence-electron chi connectivity index (χ0n) is 12.8. The molecule has 0 aliphatic carbocycles. The fraction of sp³-hybridized carbons (Fsp3) is 0.0588. The van der Waals surface area contributed by atoms with Crippen molar-refractivity contribution in [3.8, 4) is 5.75 Å². The molecule has 6 nitrogen and oxygen atoms in total. The van der Waals surface area contributed by atoms with Crippen molar-refractivity contribution in [1.82, 2.24) is 0 Å². The number of fused-ring (bicyclic) bond motifs is 1. The highest BCUT2D eigenvalue weighted by Crippen LogP contribution is 2.29. The van der Waals surface area contributed by atoms with Crippen LogP contribution in [0.1, 0.15) is 10.6 Å². The summed E-state index contributed by atoms with van der Waals surface area (Å²) < 4.78 is 10.8. The molecule has 0 fully saturated rings. The molecule has 4 N–H and O–H groups in total. The Morgan fingerprint density at radius 3 is 2.67 bits per heavy atom. The zero-order chi connectivity index (χ0) is 17.1. The third kappa shape index (κ3) is 3.31. The van der Waals surface area contributed by atoms with Gasteiger partial charge in [0, 0.05) is 17.1 Å². The molecule has 0 radical (unpaired) electrons. The van der Waals surface area contributed by atoms with Crippen LogP contribution >= 0.6 is 12.2 Å². The van der Waals surface area contributed by atoms with E-state index in [1.807, 2.05) is 24.3 Å². The highest BCUT2D eigenvalue weighted by Gasteiger charge is 2.15. The van der Waals surface area contributed by atoms with Crippen molar-refractivity contribution in [2.24, 2.45) is 5.73 Å². The fourth-order valence-electron chi connectivity index (χ4n) is 2.29. The summed E-state index contributed by atoms with van der Waals surface area (Å²) in [6.07, 6.45) is 0. The Balaban J connectivity index is 1.84. The van der Waals surface area contributed by atoms with Crippen LogP contribution in [-0.4, -0.2) is 18.1 Å². The van der Waals surface area contributed by atoms with Crippen LogP contribution in [-0.2, 0) is 0 Å². The summed E-state index contributed by atoms with van der Waals surface area (Å²) in [5.74, 6) is 0.337. The molecule has 1 heterocycles. The van der Waals surface area contributed by atoms with Crippen LogP contribution in [0, 0.1) is 0 Å². The molecule has 0 spiro atoms. The number of nitrogens with one attached hydrogen (secondary N) is 2. The van der Waals surface area contributed by atoms with Crippen LogP contribution in [0.3, 0.4) is 0 Å². The predicted molar refractivity (Wildman–Crippen MR) is 97.6 cm³/mol. The first-order valence-corrected chi connectivity index (χ1v) is 7.52. The molecule has 0 saturated heterocycles. The van der Waals surface area contributed by atoms with E-state index in [9.17, 15) is 4.79 Å². The first-order chi connectivity index (χ1) is 11.6. The molecule has 0 saturated carbocycles. The highest BCUT2D eigenvalue weighted by molar-refractivity contribution is 7.80. The number of hydrogen-bond donors (Lipinski definition) is 3. The second-order valence-corrected chi connectivity index (χ2v) is 5.45.